The van der Waals surface area contributed by atoms with E-state index < -0.39 is 5.41 Å². The standard InChI is InChI=1S/C52H37N3S/c1-5-18-36(19-6-1)43-28-13-14-29-44(43)51-54-49(37-20-7-2-8-21-37)53-50(55-51)40-23-17-22-38(34-40)39-32-33-48-46(35-39)52(41-24-9-3-10-25-41,42-26-11-4-12-27-42)45-30-15-16-31-47(45)56-48/h1-35,43-44H. The first kappa shape index (κ1) is 33.9. The van der Waals surface area contributed by atoms with Gasteiger partial charge in [-0.15, -0.1) is 0 Å². The van der Waals surface area contributed by atoms with Crippen LogP contribution in [0.25, 0.3) is 33.9 Å². The van der Waals surface area contributed by atoms with Crippen molar-refractivity contribution in [2.24, 2.45) is 0 Å². The molecule has 1 aliphatic carbocycles. The van der Waals surface area contributed by atoms with Crippen molar-refractivity contribution >= 4 is 11.8 Å². The van der Waals surface area contributed by atoms with Crippen LogP contribution in [0.15, 0.2) is 222 Å². The summed E-state index contributed by atoms with van der Waals surface area (Å²) < 4.78 is 0. The summed E-state index contributed by atoms with van der Waals surface area (Å²) in [5.74, 6) is 2.16. The molecule has 2 heterocycles. The molecular weight excluding hydrogens is 699 g/mol. The molecule has 0 spiro atoms. The van der Waals surface area contributed by atoms with Crippen LogP contribution in [0.4, 0.5) is 0 Å². The highest BCUT2D eigenvalue weighted by Crippen LogP contribution is 2.56. The highest BCUT2D eigenvalue weighted by Gasteiger charge is 2.44. The van der Waals surface area contributed by atoms with Crippen LogP contribution >= 0.6 is 11.8 Å². The molecule has 0 bridgehead atoms. The lowest BCUT2D eigenvalue weighted by molar-refractivity contribution is 0.678. The van der Waals surface area contributed by atoms with E-state index in [1.54, 1.807) is 0 Å². The Hall–Kier alpha value is -6.62. The van der Waals surface area contributed by atoms with E-state index in [-0.39, 0.29) is 11.8 Å². The fourth-order valence-electron chi connectivity index (χ4n) is 8.46. The van der Waals surface area contributed by atoms with Crippen LogP contribution in [-0.4, -0.2) is 15.0 Å². The molecular formula is C52H37N3S. The van der Waals surface area contributed by atoms with Crippen molar-refractivity contribution < 1.29 is 0 Å². The van der Waals surface area contributed by atoms with Gasteiger partial charge < -0.3 is 0 Å². The van der Waals surface area contributed by atoms with Gasteiger partial charge in [-0.05, 0) is 63.2 Å². The second-order valence-corrected chi connectivity index (χ2v) is 15.4. The Morgan fingerprint density at radius 2 is 0.929 bits per heavy atom. The molecule has 7 aromatic carbocycles. The van der Waals surface area contributed by atoms with Crippen LogP contribution in [0, 0.1) is 0 Å². The molecule has 4 heteroatoms. The molecule has 2 atom stereocenters. The van der Waals surface area contributed by atoms with E-state index in [4.69, 9.17) is 15.0 Å². The van der Waals surface area contributed by atoms with E-state index >= 15 is 0 Å². The summed E-state index contributed by atoms with van der Waals surface area (Å²) in [5.41, 5.74) is 9.97. The highest BCUT2D eigenvalue weighted by molar-refractivity contribution is 7.99. The smallest absolute Gasteiger partial charge is 0.163 e. The van der Waals surface area contributed by atoms with Gasteiger partial charge in [-0.25, -0.2) is 15.0 Å². The van der Waals surface area contributed by atoms with Crippen molar-refractivity contribution in [2.75, 3.05) is 0 Å². The number of nitrogens with zero attached hydrogens (tertiary/aromatic N) is 3. The van der Waals surface area contributed by atoms with Crippen molar-refractivity contribution in [1.82, 2.24) is 15.0 Å². The van der Waals surface area contributed by atoms with Crippen molar-refractivity contribution in [1.29, 1.82) is 0 Å². The minimum Gasteiger partial charge on any atom is -0.212 e. The number of fused-ring (bicyclic) bond motifs is 2. The van der Waals surface area contributed by atoms with Gasteiger partial charge in [0.1, 0.15) is 5.82 Å². The maximum atomic E-state index is 5.25. The Morgan fingerprint density at radius 3 is 1.64 bits per heavy atom. The zero-order valence-electron chi connectivity index (χ0n) is 30.6. The monoisotopic (exact) mass is 735 g/mol. The molecule has 8 aromatic rings. The first-order chi connectivity index (χ1) is 27.8. The van der Waals surface area contributed by atoms with E-state index in [0.717, 1.165) is 28.1 Å². The molecule has 0 saturated carbocycles. The fraction of sp³-hybridized carbons (Fsp3) is 0.0577. The normalized spacial score (nSPS) is 16.5. The molecule has 3 nitrogen and oxygen atoms in total. The number of hydrogen-bond acceptors (Lipinski definition) is 4. The Kier molecular flexibility index (Phi) is 8.81. The first-order valence-electron chi connectivity index (χ1n) is 19.1. The van der Waals surface area contributed by atoms with E-state index in [9.17, 15) is 0 Å². The zero-order chi connectivity index (χ0) is 37.3. The van der Waals surface area contributed by atoms with Gasteiger partial charge in [0.2, 0.25) is 0 Å². The van der Waals surface area contributed by atoms with Gasteiger partial charge in [-0.1, -0.05) is 200 Å². The maximum absolute atomic E-state index is 5.25. The average Bonchev–Trinajstić information content (AvgIpc) is 3.29. The van der Waals surface area contributed by atoms with Crippen LogP contribution in [0.1, 0.15) is 45.5 Å². The number of allylic oxidation sites excluding steroid dienone is 4. The Morgan fingerprint density at radius 1 is 0.393 bits per heavy atom. The Labute approximate surface area is 332 Å². The lowest BCUT2D eigenvalue weighted by Crippen LogP contribution is -2.34. The number of aromatic nitrogens is 3. The van der Waals surface area contributed by atoms with E-state index in [0.29, 0.717) is 11.6 Å². The molecule has 0 fully saturated rings. The minimum absolute atomic E-state index is 0.0417. The van der Waals surface area contributed by atoms with E-state index in [2.05, 4.69) is 194 Å². The Balaban J connectivity index is 1.12. The molecule has 2 aliphatic rings. The van der Waals surface area contributed by atoms with Crippen LogP contribution in [-0.2, 0) is 5.41 Å². The molecule has 1 aliphatic heterocycles. The fourth-order valence-corrected chi connectivity index (χ4v) is 9.63. The molecule has 0 N–H and O–H groups in total. The van der Waals surface area contributed by atoms with Gasteiger partial charge in [0, 0.05) is 32.8 Å². The summed E-state index contributed by atoms with van der Waals surface area (Å²) in [5, 5.41) is 0. The van der Waals surface area contributed by atoms with Crippen molar-refractivity contribution in [2.45, 2.75) is 27.0 Å². The topological polar surface area (TPSA) is 38.7 Å². The minimum atomic E-state index is -0.502. The molecule has 0 saturated heterocycles. The van der Waals surface area contributed by atoms with E-state index in [1.165, 1.54) is 37.6 Å². The van der Waals surface area contributed by atoms with Crippen LogP contribution in [0.5, 0.6) is 0 Å². The summed E-state index contributed by atoms with van der Waals surface area (Å²) >= 11 is 1.85. The van der Waals surface area contributed by atoms with Crippen molar-refractivity contribution in [3.8, 4) is 33.9 Å². The second-order valence-electron chi connectivity index (χ2n) is 14.3. The van der Waals surface area contributed by atoms with Crippen LogP contribution in [0.2, 0.25) is 0 Å². The molecule has 10 rings (SSSR count). The van der Waals surface area contributed by atoms with Gasteiger partial charge in [0.25, 0.3) is 0 Å². The molecule has 56 heavy (non-hydrogen) atoms. The summed E-state index contributed by atoms with van der Waals surface area (Å²) in [6.45, 7) is 0. The summed E-state index contributed by atoms with van der Waals surface area (Å²) in [6.07, 6.45) is 8.70. The average molecular weight is 736 g/mol. The van der Waals surface area contributed by atoms with Gasteiger partial charge in [0.05, 0.1) is 5.41 Å². The third-order valence-corrected chi connectivity index (χ3v) is 12.2. The molecule has 0 amide bonds. The molecule has 0 radical (unpaired) electrons. The lowest BCUT2D eigenvalue weighted by Gasteiger charge is -2.42. The van der Waals surface area contributed by atoms with Gasteiger partial charge in [0.15, 0.2) is 11.6 Å². The maximum Gasteiger partial charge on any atom is 0.163 e. The lowest BCUT2D eigenvalue weighted by atomic mass is 9.64. The van der Waals surface area contributed by atoms with E-state index in [1.807, 2.05) is 30.0 Å². The number of rotatable bonds is 7. The van der Waals surface area contributed by atoms with Crippen molar-refractivity contribution in [3.05, 3.63) is 246 Å². The largest absolute Gasteiger partial charge is 0.212 e. The van der Waals surface area contributed by atoms with Crippen LogP contribution in [0.3, 0.4) is 0 Å². The predicted molar refractivity (Wildman–Crippen MR) is 229 cm³/mol. The molecule has 266 valence electrons. The van der Waals surface area contributed by atoms with Crippen LogP contribution < -0.4 is 0 Å². The Bertz CT molecular complexity index is 2690. The number of benzene rings is 7. The SMILES string of the molecule is C1=CC(c2ccccc2)C(c2nc(-c3ccccc3)nc(-c3cccc(-c4ccc5c(c4)C(c4ccccc4)(c4ccccc4)c4ccccc4S5)c3)n2)C=C1. The second kappa shape index (κ2) is 14.6. The summed E-state index contributed by atoms with van der Waals surface area (Å²) in [6, 6.07) is 67.3. The third kappa shape index (κ3) is 6.00. The third-order valence-electron chi connectivity index (χ3n) is 11.1. The van der Waals surface area contributed by atoms with Crippen molar-refractivity contribution in [3.63, 3.8) is 0 Å². The van der Waals surface area contributed by atoms with Gasteiger partial charge >= 0.3 is 0 Å². The first-order valence-corrected chi connectivity index (χ1v) is 19.9. The highest BCUT2D eigenvalue weighted by atomic mass is 32.2. The summed E-state index contributed by atoms with van der Waals surface area (Å²) in [7, 11) is 0. The summed E-state index contributed by atoms with van der Waals surface area (Å²) in [4.78, 5) is 18.1. The van der Waals surface area contributed by atoms with Gasteiger partial charge in [-0.3, -0.25) is 0 Å². The molecule has 2 unspecified atom stereocenters. The zero-order valence-corrected chi connectivity index (χ0v) is 31.4. The molecule has 1 aromatic heterocycles. The number of hydrogen-bond donors (Lipinski definition) is 0. The van der Waals surface area contributed by atoms with Gasteiger partial charge in [-0.2, -0.15) is 0 Å². The quantitative estimate of drug-likeness (QED) is 0.163. The predicted octanol–water partition coefficient (Wildman–Crippen LogP) is 12.7.